The van der Waals surface area contributed by atoms with Gasteiger partial charge in [-0.2, -0.15) is 5.26 Å². The normalized spacial score (nSPS) is 11.2. The van der Waals surface area contributed by atoms with Crippen molar-refractivity contribution in [1.82, 2.24) is 0 Å². The molecule has 4 heteroatoms. The van der Waals surface area contributed by atoms with Gasteiger partial charge in [-0.25, -0.2) is 0 Å². The van der Waals surface area contributed by atoms with Crippen LogP contribution in [0.15, 0.2) is 72.8 Å². The molecule has 0 radical (unpaired) electrons. The summed E-state index contributed by atoms with van der Waals surface area (Å²) in [5, 5.41) is 12.2. The van der Waals surface area contributed by atoms with Crippen LogP contribution in [0.4, 0.5) is 0 Å². The van der Waals surface area contributed by atoms with Crippen LogP contribution in [0.2, 0.25) is 15.1 Å². The van der Waals surface area contributed by atoms with E-state index in [-0.39, 0.29) is 0 Å². The first-order valence-corrected chi connectivity index (χ1v) is 9.78. The smallest absolute Gasteiger partial charge is 0.0700 e. The maximum Gasteiger partial charge on any atom is 0.0700 e. The average molecular weight is 415 g/mol. The zero-order valence-electron chi connectivity index (χ0n) is 14.6. The average Bonchev–Trinajstić information content (AvgIpc) is 2.67. The van der Waals surface area contributed by atoms with Gasteiger partial charge in [-0.05, 0) is 54.2 Å². The van der Waals surface area contributed by atoms with E-state index in [1.807, 2.05) is 72.8 Å². The molecule has 0 saturated heterocycles. The number of halogens is 3. The van der Waals surface area contributed by atoms with E-state index < -0.39 is 5.41 Å². The van der Waals surface area contributed by atoms with Crippen molar-refractivity contribution in [1.29, 1.82) is 5.26 Å². The Balaban J connectivity index is 2.03. The van der Waals surface area contributed by atoms with Gasteiger partial charge in [0.2, 0.25) is 0 Å². The topological polar surface area (TPSA) is 23.8 Å². The van der Waals surface area contributed by atoms with Crippen molar-refractivity contribution in [2.75, 3.05) is 0 Å². The van der Waals surface area contributed by atoms with Crippen molar-refractivity contribution >= 4 is 34.8 Å². The lowest BCUT2D eigenvalue weighted by molar-refractivity contribution is 0.386. The lowest BCUT2D eigenvalue weighted by Crippen LogP contribution is -2.28. The highest BCUT2D eigenvalue weighted by Crippen LogP contribution is 2.36. The van der Waals surface area contributed by atoms with E-state index in [2.05, 4.69) is 6.07 Å². The Morgan fingerprint density at radius 2 is 0.889 bits per heavy atom. The molecular weight excluding hydrogens is 397 g/mol. The fraction of sp³-hybridized carbons (Fsp3) is 0.174. The van der Waals surface area contributed by atoms with Crippen molar-refractivity contribution in [2.45, 2.75) is 19.3 Å². The molecular formula is C23H18Cl3N. The van der Waals surface area contributed by atoms with Gasteiger partial charge < -0.3 is 0 Å². The van der Waals surface area contributed by atoms with Crippen LogP contribution in [-0.4, -0.2) is 0 Å². The molecule has 0 fully saturated rings. The monoisotopic (exact) mass is 413 g/mol. The molecule has 136 valence electrons. The van der Waals surface area contributed by atoms with E-state index in [1.165, 1.54) is 0 Å². The second-order valence-corrected chi connectivity index (χ2v) is 7.92. The number of nitriles is 1. The van der Waals surface area contributed by atoms with Gasteiger partial charge in [-0.3, -0.25) is 0 Å². The highest BCUT2D eigenvalue weighted by atomic mass is 35.5. The zero-order valence-corrected chi connectivity index (χ0v) is 16.9. The first-order chi connectivity index (χ1) is 13.0. The molecule has 3 aromatic rings. The van der Waals surface area contributed by atoms with Gasteiger partial charge in [0.15, 0.2) is 0 Å². The third kappa shape index (κ3) is 4.85. The molecule has 0 aliphatic carbocycles. The molecule has 3 aromatic carbocycles. The van der Waals surface area contributed by atoms with E-state index in [1.54, 1.807) is 0 Å². The Labute approximate surface area is 175 Å². The molecule has 0 atom stereocenters. The molecule has 0 bridgehead atoms. The van der Waals surface area contributed by atoms with E-state index >= 15 is 0 Å². The third-order valence-electron chi connectivity index (χ3n) is 4.70. The minimum absolute atomic E-state index is 0.514. The van der Waals surface area contributed by atoms with Crippen LogP contribution in [-0.2, 0) is 19.3 Å². The van der Waals surface area contributed by atoms with Gasteiger partial charge in [0.05, 0.1) is 11.5 Å². The number of hydrogen-bond donors (Lipinski definition) is 0. The van der Waals surface area contributed by atoms with Gasteiger partial charge in [0, 0.05) is 15.1 Å². The van der Waals surface area contributed by atoms with E-state index in [4.69, 9.17) is 34.8 Å². The third-order valence-corrected chi connectivity index (χ3v) is 5.80. The minimum atomic E-state index is -0.721. The molecule has 0 aliphatic heterocycles. The SMILES string of the molecule is N#CC(Cc1ccccc1Cl)(Cc1ccccc1Cl)Cc1ccccc1Cl. The van der Waals surface area contributed by atoms with Crippen molar-refractivity contribution in [3.8, 4) is 6.07 Å². The van der Waals surface area contributed by atoms with Crippen LogP contribution in [0.5, 0.6) is 0 Å². The summed E-state index contributed by atoms with van der Waals surface area (Å²) >= 11 is 19.2. The highest BCUT2D eigenvalue weighted by molar-refractivity contribution is 6.32. The summed E-state index contributed by atoms with van der Waals surface area (Å²) in [6.45, 7) is 0. The van der Waals surface area contributed by atoms with E-state index in [0.717, 1.165) is 16.7 Å². The fourth-order valence-electron chi connectivity index (χ4n) is 3.33. The Bertz CT molecular complexity index is 859. The molecule has 0 unspecified atom stereocenters. The summed E-state index contributed by atoms with van der Waals surface area (Å²) in [4.78, 5) is 0. The lowest BCUT2D eigenvalue weighted by Gasteiger charge is -2.28. The molecule has 0 N–H and O–H groups in total. The lowest BCUT2D eigenvalue weighted by atomic mass is 9.73. The first-order valence-electron chi connectivity index (χ1n) is 8.64. The molecule has 0 heterocycles. The van der Waals surface area contributed by atoms with Crippen molar-refractivity contribution < 1.29 is 0 Å². The predicted molar refractivity (Wildman–Crippen MR) is 114 cm³/mol. The largest absolute Gasteiger partial charge is 0.198 e. The number of nitrogens with zero attached hydrogens (tertiary/aromatic N) is 1. The fourth-order valence-corrected chi connectivity index (χ4v) is 3.93. The molecule has 1 nitrogen and oxygen atoms in total. The first kappa shape index (κ1) is 19.8. The van der Waals surface area contributed by atoms with Crippen LogP contribution in [0, 0.1) is 16.7 Å². The number of benzene rings is 3. The highest BCUT2D eigenvalue weighted by Gasteiger charge is 2.33. The van der Waals surface area contributed by atoms with Crippen LogP contribution in [0.25, 0.3) is 0 Å². The summed E-state index contributed by atoms with van der Waals surface area (Å²) in [6, 6.07) is 25.5. The number of rotatable bonds is 6. The summed E-state index contributed by atoms with van der Waals surface area (Å²) < 4.78 is 0. The minimum Gasteiger partial charge on any atom is -0.198 e. The standard InChI is InChI=1S/C23H18Cl3N/c24-20-10-4-1-7-17(20)13-23(16-27,14-18-8-2-5-11-21(18)25)15-19-9-3-6-12-22(19)26/h1-12H,13-15H2. The molecule has 0 saturated carbocycles. The van der Waals surface area contributed by atoms with Gasteiger partial charge in [-0.15, -0.1) is 0 Å². The maximum atomic E-state index is 10.3. The van der Waals surface area contributed by atoms with Gasteiger partial charge in [0.25, 0.3) is 0 Å². The molecule has 0 amide bonds. The Hall–Kier alpha value is -1.98. The Kier molecular flexibility index (Phi) is 6.45. The summed E-state index contributed by atoms with van der Waals surface area (Å²) in [5.74, 6) is 0. The van der Waals surface area contributed by atoms with Crippen molar-refractivity contribution in [2.24, 2.45) is 5.41 Å². The van der Waals surface area contributed by atoms with Crippen LogP contribution in [0.3, 0.4) is 0 Å². The van der Waals surface area contributed by atoms with E-state index in [9.17, 15) is 5.26 Å². The molecule has 0 aliphatic rings. The maximum absolute atomic E-state index is 10.3. The summed E-state index contributed by atoms with van der Waals surface area (Å²) in [7, 11) is 0. The Morgan fingerprint density at radius 3 is 1.15 bits per heavy atom. The van der Waals surface area contributed by atoms with Crippen molar-refractivity contribution in [3.05, 3.63) is 105 Å². The Morgan fingerprint density at radius 1 is 0.593 bits per heavy atom. The van der Waals surface area contributed by atoms with Crippen LogP contribution in [0.1, 0.15) is 16.7 Å². The second kappa shape index (κ2) is 8.81. The van der Waals surface area contributed by atoms with Crippen LogP contribution < -0.4 is 0 Å². The van der Waals surface area contributed by atoms with Crippen LogP contribution >= 0.6 is 34.8 Å². The van der Waals surface area contributed by atoms with E-state index in [0.29, 0.717) is 34.3 Å². The number of hydrogen-bond acceptors (Lipinski definition) is 1. The van der Waals surface area contributed by atoms with Crippen molar-refractivity contribution in [3.63, 3.8) is 0 Å². The quantitative estimate of drug-likeness (QED) is 0.419. The summed E-state index contributed by atoms with van der Waals surface area (Å²) in [5.41, 5.74) is 2.11. The zero-order chi connectivity index (χ0) is 19.3. The molecule has 0 spiro atoms. The van der Waals surface area contributed by atoms with Gasteiger partial charge in [-0.1, -0.05) is 89.4 Å². The molecule has 27 heavy (non-hydrogen) atoms. The summed E-state index contributed by atoms with van der Waals surface area (Å²) in [6.07, 6.45) is 1.54. The van der Waals surface area contributed by atoms with Gasteiger partial charge in [0.1, 0.15) is 0 Å². The van der Waals surface area contributed by atoms with Gasteiger partial charge >= 0.3 is 0 Å². The predicted octanol–water partition coefficient (Wildman–Crippen LogP) is 7.18. The molecule has 3 rings (SSSR count). The second-order valence-electron chi connectivity index (χ2n) is 6.70. The molecule has 0 aromatic heterocycles.